The molecule has 3 rings (SSSR count). The van der Waals surface area contributed by atoms with Crippen molar-refractivity contribution in [3.63, 3.8) is 0 Å². The van der Waals surface area contributed by atoms with E-state index in [9.17, 15) is 13.2 Å². The zero-order chi connectivity index (χ0) is 21.6. The summed E-state index contributed by atoms with van der Waals surface area (Å²) in [5.74, 6) is 0.559. The second-order valence-electron chi connectivity index (χ2n) is 7.84. The molecule has 2 aromatic rings. The summed E-state index contributed by atoms with van der Waals surface area (Å²) in [7, 11) is -3.30. The van der Waals surface area contributed by atoms with Gasteiger partial charge in [-0.2, -0.15) is 0 Å². The fraction of sp³-hybridized carbons (Fsp3) is 0.435. The van der Waals surface area contributed by atoms with Crippen molar-refractivity contribution < 1.29 is 17.9 Å². The minimum absolute atomic E-state index is 0.0291. The third-order valence-electron chi connectivity index (χ3n) is 5.13. The van der Waals surface area contributed by atoms with Gasteiger partial charge in [0, 0.05) is 18.7 Å². The van der Waals surface area contributed by atoms with Crippen LogP contribution in [0, 0.1) is 13.8 Å². The number of nitrogens with one attached hydrogen (secondary N) is 1. The molecule has 0 atom stereocenters. The van der Waals surface area contributed by atoms with Crippen molar-refractivity contribution in [2.75, 3.05) is 26.2 Å². The van der Waals surface area contributed by atoms with E-state index in [1.807, 2.05) is 26.0 Å². The van der Waals surface area contributed by atoms with Gasteiger partial charge in [0.1, 0.15) is 12.4 Å². The number of rotatable bonds is 8. The predicted octanol–water partition coefficient (Wildman–Crippen LogP) is 3.43. The Balaban J connectivity index is 1.47. The van der Waals surface area contributed by atoms with Gasteiger partial charge in [0.05, 0.1) is 12.3 Å². The Bertz CT molecular complexity index is 945. The Labute approximate surface area is 179 Å². The summed E-state index contributed by atoms with van der Waals surface area (Å²) in [6, 6.07) is 12.8. The lowest BCUT2D eigenvalue weighted by molar-refractivity contribution is 0.0947. The average molecular weight is 431 g/mol. The number of piperidine rings is 1. The topological polar surface area (TPSA) is 75.7 Å². The zero-order valence-electron chi connectivity index (χ0n) is 17.7. The number of carbonyl (C=O) groups is 1. The predicted molar refractivity (Wildman–Crippen MR) is 118 cm³/mol. The van der Waals surface area contributed by atoms with Crippen LogP contribution in [0.4, 0.5) is 0 Å². The van der Waals surface area contributed by atoms with Gasteiger partial charge in [0.25, 0.3) is 5.91 Å². The fourth-order valence-electron chi connectivity index (χ4n) is 3.65. The van der Waals surface area contributed by atoms with E-state index in [4.69, 9.17) is 4.74 Å². The molecule has 0 aromatic heterocycles. The van der Waals surface area contributed by atoms with Gasteiger partial charge in [-0.1, -0.05) is 24.6 Å². The maximum absolute atomic E-state index is 12.5. The minimum atomic E-state index is -3.30. The van der Waals surface area contributed by atoms with E-state index in [-0.39, 0.29) is 11.7 Å². The van der Waals surface area contributed by atoms with Gasteiger partial charge in [0.15, 0.2) is 0 Å². The van der Waals surface area contributed by atoms with Crippen LogP contribution in [-0.4, -0.2) is 44.9 Å². The van der Waals surface area contributed by atoms with Gasteiger partial charge in [-0.15, -0.1) is 0 Å². The van der Waals surface area contributed by atoms with Crippen LogP contribution in [0.1, 0.15) is 46.3 Å². The van der Waals surface area contributed by atoms with E-state index in [1.54, 1.807) is 28.6 Å². The first-order valence-electron chi connectivity index (χ1n) is 10.4. The largest absolute Gasteiger partial charge is 0.492 e. The van der Waals surface area contributed by atoms with Gasteiger partial charge in [0.2, 0.25) is 10.0 Å². The van der Waals surface area contributed by atoms with Gasteiger partial charge < -0.3 is 10.1 Å². The van der Waals surface area contributed by atoms with Gasteiger partial charge >= 0.3 is 0 Å². The standard InChI is InChI=1S/C23H30N2O4S/c1-18-14-19(2)16-22(15-18)29-13-10-24-23(26)21-8-6-20(7-9-21)17-30(27,28)25-11-4-3-5-12-25/h6-9,14-16H,3-5,10-13,17H2,1-2H3,(H,24,26). The third-order valence-corrected chi connectivity index (χ3v) is 6.98. The number of amides is 1. The van der Waals surface area contributed by atoms with E-state index in [0.717, 1.165) is 36.1 Å². The molecule has 0 radical (unpaired) electrons. The van der Waals surface area contributed by atoms with Crippen molar-refractivity contribution in [3.8, 4) is 5.75 Å². The summed E-state index contributed by atoms with van der Waals surface area (Å²) in [6.45, 7) is 6.00. The van der Waals surface area contributed by atoms with E-state index in [0.29, 0.717) is 37.4 Å². The molecule has 1 heterocycles. The highest BCUT2D eigenvalue weighted by molar-refractivity contribution is 7.88. The van der Waals surface area contributed by atoms with Gasteiger partial charge in [-0.3, -0.25) is 4.79 Å². The lowest BCUT2D eigenvalue weighted by Gasteiger charge is -2.25. The van der Waals surface area contributed by atoms with Crippen LogP contribution in [0.15, 0.2) is 42.5 Å². The highest BCUT2D eigenvalue weighted by atomic mass is 32.2. The first-order valence-corrected chi connectivity index (χ1v) is 12.0. The molecule has 0 spiro atoms. The van der Waals surface area contributed by atoms with Crippen molar-refractivity contribution in [1.82, 2.24) is 9.62 Å². The van der Waals surface area contributed by atoms with Crippen LogP contribution in [0.25, 0.3) is 0 Å². The van der Waals surface area contributed by atoms with Crippen LogP contribution < -0.4 is 10.1 Å². The molecule has 1 N–H and O–H groups in total. The van der Waals surface area contributed by atoms with Crippen LogP contribution in [-0.2, 0) is 15.8 Å². The fourth-order valence-corrected chi connectivity index (χ4v) is 5.26. The molecule has 1 aliphatic rings. The Kier molecular flexibility index (Phi) is 7.50. The van der Waals surface area contributed by atoms with Crippen molar-refractivity contribution in [2.45, 2.75) is 38.9 Å². The summed E-state index contributed by atoms with van der Waals surface area (Å²) in [4.78, 5) is 12.3. The number of hydrogen-bond donors (Lipinski definition) is 1. The summed E-state index contributed by atoms with van der Waals surface area (Å²) in [5.41, 5.74) is 3.46. The summed E-state index contributed by atoms with van der Waals surface area (Å²) < 4.78 is 32.4. The zero-order valence-corrected chi connectivity index (χ0v) is 18.5. The minimum Gasteiger partial charge on any atom is -0.492 e. The first kappa shape index (κ1) is 22.3. The Morgan fingerprint density at radius 3 is 2.27 bits per heavy atom. The van der Waals surface area contributed by atoms with Crippen molar-refractivity contribution in [2.24, 2.45) is 0 Å². The number of nitrogens with zero attached hydrogens (tertiary/aromatic N) is 1. The highest BCUT2D eigenvalue weighted by Gasteiger charge is 2.24. The van der Waals surface area contributed by atoms with E-state index in [2.05, 4.69) is 11.4 Å². The van der Waals surface area contributed by atoms with Crippen molar-refractivity contribution >= 4 is 15.9 Å². The molecular formula is C23H30N2O4S. The second kappa shape index (κ2) is 10.1. The molecule has 2 aromatic carbocycles. The highest BCUT2D eigenvalue weighted by Crippen LogP contribution is 2.18. The van der Waals surface area contributed by atoms with Crippen LogP contribution in [0.3, 0.4) is 0 Å². The number of ether oxygens (including phenoxy) is 1. The molecule has 30 heavy (non-hydrogen) atoms. The first-order chi connectivity index (χ1) is 14.3. The lowest BCUT2D eigenvalue weighted by atomic mass is 10.1. The monoisotopic (exact) mass is 430 g/mol. The van der Waals surface area contributed by atoms with Crippen LogP contribution >= 0.6 is 0 Å². The Hall–Kier alpha value is -2.38. The van der Waals surface area contributed by atoms with Crippen LogP contribution in [0.2, 0.25) is 0 Å². The lowest BCUT2D eigenvalue weighted by Crippen LogP contribution is -2.36. The molecule has 7 heteroatoms. The Morgan fingerprint density at radius 2 is 1.63 bits per heavy atom. The summed E-state index contributed by atoms with van der Waals surface area (Å²) >= 11 is 0. The second-order valence-corrected chi connectivity index (χ2v) is 9.81. The smallest absolute Gasteiger partial charge is 0.251 e. The molecule has 1 amide bonds. The number of sulfonamides is 1. The van der Waals surface area contributed by atoms with Crippen molar-refractivity contribution in [3.05, 3.63) is 64.7 Å². The molecule has 0 unspecified atom stereocenters. The Morgan fingerprint density at radius 1 is 1.00 bits per heavy atom. The van der Waals surface area contributed by atoms with E-state index < -0.39 is 10.0 Å². The summed E-state index contributed by atoms with van der Waals surface area (Å²) in [6.07, 6.45) is 2.93. The molecular weight excluding hydrogens is 400 g/mol. The number of carbonyl (C=O) groups excluding carboxylic acids is 1. The normalized spacial score (nSPS) is 15.0. The van der Waals surface area contributed by atoms with Crippen molar-refractivity contribution in [1.29, 1.82) is 0 Å². The average Bonchev–Trinajstić information content (AvgIpc) is 2.71. The van der Waals surface area contributed by atoms with E-state index >= 15 is 0 Å². The molecule has 0 bridgehead atoms. The maximum atomic E-state index is 12.5. The van der Waals surface area contributed by atoms with Gasteiger partial charge in [-0.05, 0) is 67.6 Å². The molecule has 0 aliphatic carbocycles. The van der Waals surface area contributed by atoms with E-state index in [1.165, 1.54) is 0 Å². The molecule has 1 aliphatic heterocycles. The number of hydrogen-bond acceptors (Lipinski definition) is 4. The third kappa shape index (κ3) is 6.31. The maximum Gasteiger partial charge on any atom is 0.251 e. The molecule has 162 valence electrons. The van der Waals surface area contributed by atoms with Gasteiger partial charge in [-0.25, -0.2) is 12.7 Å². The molecule has 1 saturated heterocycles. The quantitative estimate of drug-likeness (QED) is 0.651. The number of aryl methyl sites for hydroxylation is 2. The molecule has 6 nitrogen and oxygen atoms in total. The summed E-state index contributed by atoms with van der Waals surface area (Å²) in [5, 5.41) is 2.83. The van der Waals surface area contributed by atoms with Crippen LogP contribution in [0.5, 0.6) is 5.75 Å². The SMILES string of the molecule is Cc1cc(C)cc(OCCNC(=O)c2ccc(CS(=O)(=O)N3CCCCC3)cc2)c1. The number of benzene rings is 2. The molecule has 0 saturated carbocycles. The molecule has 1 fully saturated rings.